The fraction of sp³-hybridized carbons (Fsp3) is 0.350. The Balaban J connectivity index is 1.62. The number of nitro benzene ring substituents is 1. The number of likely N-dealkylation sites (tertiary alicyclic amines) is 1. The van der Waals surface area contributed by atoms with E-state index < -0.39 is 4.92 Å². The van der Waals surface area contributed by atoms with Crippen molar-refractivity contribution in [2.24, 2.45) is 0 Å². The van der Waals surface area contributed by atoms with E-state index in [1.54, 1.807) is 24.1 Å². The minimum absolute atomic E-state index is 0.00909. The standard InChI is InChI=1S/C20H23N3O5/c1-27-10-5-11-28-17-13-22(14-17)20(24)15-8-9-18(19(12-15)23(25)26)21-16-6-3-2-4-7-16/h2-4,6-9,12,17,21H,5,10-11,13-14H2,1H3. The first-order valence-electron chi connectivity index (χ1n) is 9.09. The molecule has 1 heterocycles. The largest absolute Gasteiger partial charge is 0.385 e. The highest BCUT2D eigenvalue weighted by Gasteiger charge is 2.32. The number of carbonyl (C=O) groups excluding carboxylic acids is 1. The molecule has 1 N–H and O–H groups in total. The lowest BCUT2D eigenvalue weighted by Crippen LogP contribution is -2.54. The molecule has 148 valence electrons. The fourth-order valence-corrected chi connectivity index (χ4v) is 2.94. The molecule has 1 aliphatic rings. The second-order valence-electron chi connectivity index (χ2n) is 6.53. The quantitative estimate of drug-likeness (QED) is 0.405. The van der Waals surface area contributed by atoms with Crippen molar-refractivity contribution in [1.82, 2.24) is 4.90 Å². The maximum Gasteiger partial charge on any atom is 0.293 e. The summed E-state index contributed by atoms with van der Waals surface area (Å²) in [5.41, 5.74) is 1.24. The molecule has 0 aromatic heterocycles. The Kier molecular flexibility index (Phi) is 6.57. The summed E-state index contributed by atoms with van der Waals surface area (Å²) in [5.74, 6) is -0.230. The lowest BCUT2D eigenvalue weighted by Gasteiger charge is -2.39. The van der Waals surface area contributed by atoms with Gasteiger partial charge in [0.05, 0.1) is 11.0 Å². The normalized spacial score (nSPS) is 13.8. The summed E-state index contributed by atoms with van der Waals surface area (Å²) in [5, 5.41) is 14.5. The van der Waals surface area contributed by atoms with Crippen LogP contribution in [0, 0.1) is 10.1 Å². The molecule has 0 bridgehead atoms. The molecule has 0 saturated carbocycles. The molecule has 0 aliphatic carbocycles. The van der Waals surface area contributed by atoms with Crippen LogP contribution in [-0.4, -0.2) is 55.2 Å². The van der Waals surface area contributed by atoms with Crippen LogP contribution in [0.2, 0.25) is 0 Å². The van der Waals surface area contributed by atoms with Crippen LogP contribution in [0.3, 0.4) is 0 Å². The van der Waals surface area contributed by atoms with Crippen molar-refractivity contribution in [1.29, 1.82) is 0 Å². The van der Waals surface area contributed by atoms with Gasteiger partial charge in [-0.05, 0) is 30.7 Å². The molecular weight excluding hydrogens is 362 g/mol. The van der Waals surface area contributed by atoms with E-state index >= 15 is 0 Å². The third-order valence-corrected chi connectivity index (χ3v) is 4.48. The van der Waals surface area contributed by atoms with Gasteiger partial charge in [-0.3, -0.25) is 14.9 Å². The summed E-state index contributed by atoms with van der Waals surface area (Å²) < 4.78 is 10.6. The number of carbonyl (C=O) groups is 1. The second kappa shape index (κ2) is 9.29. The molecule has 2 aromatic rings. The molecule has 8 heteroatoms. The second-order valence-corrected chi connectivity index (χ2v) is 6.53. The average molecular weight is 385 g/mol. The monoisotopic (exact) mass is 385 g/mol. The van der Waals surface area contributed by atoms with Crippen molar-refractivity contribution in [2.45, 2.75) is 12.5 Å². The number of methoxy groups -OCH3 is 1. The van der Waals surface area contributed by atoms with Gasteiger partial charge in [0.1, 0.15) is 5.69 Å². The van der Waals surface area contributed by atoms with Crippen LogP contribution < -0.4 is 5.32 Å². The van der Waals surface area contributed by atoms with Crippen LogP contribution in [0.1, 0.15) is 16.8 Å². The van der Waals surface area contributed by atoms with Gasteiger partial charge in [0.2, 0.25) is 0 Å². The number of ether oxygens (including phenoxy) is 2. The smallest absolute Gasteiger partial charge is 0.293 e. The van der Waals surface area contributed by atoms with E-state index in [4.69, 9.17) is 9.47 Å². The minimum Gasteiger partial charge on any atom is -0.385 e. The number of rotatable bonds is 9. The van der Waals surface area contributed by atoms with Gasteiger partial charge in [0, 0.05) is 50.7 Å². The highest BCUT2D eigenvalue weighted by molar-refractivity contribution is 5.96. The number of amides is 1. The van der Waals surface area contributed by atoms with E-state index in [1.165, 1.54) is 6.07 Å². The third kappa shape index (κ3) is 4.85. The molecule has 0 unspecified atom stereocenters. The number of benzene rings is 2. The van der Waals surface area contributed by atoms with Crippen LogP contribution in [0.5, 0.6) is 0 Å². The Morgan fingerprint density at radius 2 is 1.96 bits per heavy atom. The van der Waals surface area contributed by atoms with Crippen molar-refractivity contribution in [3.63, 3.8) is 0 Å². The lowest BCUT2D eigenvalue weighted by molar-refractivity contribution is -0.383. The van der Waals surface area contributed by atoms with Crippen molar-refractivity contribution in [3.05, 3.63) is 64.2 Å². The van der Waals surface area contributed by atoms with Gasteiger partial charge in [0.25, 0.3) is 11.6 Å². The Morgan fingerprint density at radius 3 is 2.64 bits per heavy atom. The highest BCUT2D eigenvalue weighted by Crippen LogP contribution is 2.29. The summed E-state index contributed by atoms with van der Waals surface area (Å²) in [6.07, 6.45) is 0.818. The van der Waals surface area contributed by atoms with Crippen molar-refractivity contribution >= 4 is 23.0 Å². The summed E-state index contributed by atoms with van der Waals surface area (Å²) in [6.45, 7) is 2.21. The number of nitrogens with one attached hydrogen (secondary N) is 1. The first kappa shape index (κ1) is 19.8. The fourth-order valence-electron chi connectivity index (χ4n) is 2.94. The van der Waals surface area contributed by atoms with Gasteiger partial charge in [-0.2, -0.15) is 0 Å². The molecule has 1 aliphatic heterocycles. The number of hydrogen-bond acceptors (Lipinski definition) is 6. The van der Waals surface area contributed by atoms with E-state index in [0.717, 1.165) is 12.1 Å². The van der Waals surface area contributed by atoms with Crippen molar-refractivity contribution in [3.8, 4) is 0 Å². The molecular formula is C20H23N3O5. The summed E-state index contributed by atoms with van der Waals surface area (Å²) in [4.78, 5) is 25.2. The molecule has 1 amide bonds. The minimum atomic E-state index is -0.486. The number of para-hydroxylation sites is 1. The average Bonchev–Trinajstić information content (AvgIpc) is 2.67. The van der Waals surface area contributed by atoms with E-state index in [2.05, 4.69) is 5.32 Å². The number of anilines is 2. The summed E-state index contributed by atoms with van der Waals surface area (Å²) in [6, 6.07) is 13.7. The van der Waals surface area contributed by atoms with Gasteiger partial charge >= 0.3 is 0 Å². The zero-order valence-corrected chi connectivity index (χ0v) is 15.7. The van der Waals surface area contributed by atoms with Crippen molar-refractivity contribution in [2.75, 3.05) is 38.7 Å². The molecule has 0 atom stereocenters. The SMILES string of the molecule is COCCCOC1CN(C(=O)c2ccc(Nc3ccccc3)c([N+](=O)[O-])c2)C1. The maximum atomic E-state index is 12.6. The number of hydrogen-bond donors (Lipinski definition) is 1. The number of nitrogens with zero attached hydrogens (tertiary/aromatic N) is 2. The zero-order chi connectivity index (χ0) is 19.9. The first-order valence-corrected chi connectivity index (χ1v) is 9.09. The Morgan fingerprint density at radius 1 is 1.21 bits per heavy atom. The van der Waals surface area contributed by atoms with Crippen LogP contribution in [0.25, 0.3) is 0 Å². The van der Waals surface area contributed by atoms with E-state index in [1.807, 2.05) is 30.3 Å². The van der Waals surface area contributed by atoms with Gasteiger partial charge in [-0.25, -0.2) is 0 Å². The molecule has 0 radical (unpaired) electrons. The van der Waals surface area contributed by atoms with Crippen LogP contribution in [0.4, 0.5) is 17.1 Å². The maximum absolute atomic E-state index is 12.6. The Bertz CT molecular complexity index is 822. The first-order chi connectivity index (χ1) is 13.6. The lowest BCUT2D eigenvalue weighted by atomic mass is 10.1. The molecule has 28 heavy (non-hydrogen) atoms. The Hall–Kier alpha value is -2.97. The molecule has 1 fully saturated rings. The van der Waals surface area contributed by atoms with Crippen LogP contribution in [-0.2, 0) is 9.47 Å². The summed E-state index contributed by atoms with van der Waals surface area (Å²) >= 11 is 0. The van der Waals surface area contributed by atoms with Gasteiger partial charge in [-0.15, -0.1) is 0 Å². The van der Waals surface area contributed by atoms with Crippen LogP contribution in [0.15, 0.2) is 48.5 Å². The summed E-state index contributed by atoms with van der Waals surface area (Å²) in [7, 11) is 1.64. The molecule has 0 spiro atoms. The van der Waals surface area contributed by atoms with Crippen molar-refractivity contribution < 1.29 is 19.2 Å². The van der Waals surface area contributed by atoms with E-state index in [9.17, 15) is 14.9 Å². The number of nitro groups is 1. The molecule has 3 rings (SSSR count). The van der Waals surface area contributed by atoms with Gasteiger partial charge in [0.15, 0.2) is 0 Å². The molecule has 8 nitrogen and oxygen atoms in total. The predicted molar refractivity (Wildman–Crippen MR) is 105 cm³/mol. The Labute approximate surface area is 163 Å². The highest BCUT2D eigenvalue weighted by atomic mass is 16.6. The van der Waals surface area contributed by atoms with E-state index in [0.29, 0.717) is 37.6 Å². The van der Waals surface area contributed by atoms with Crippen LogP contribution >= 0.6 is 0 Å². The molecule has 1 saturated heterocycles. The van der Waals surface area contributed by atoms with E-state index in [-0.39, 0.29) is 17.7 Å². The van der Waals surface area contributed by atoms with Gasteiger partial charge < -0.3 is 19.7 Å². The predicted octanol–water partition coefficient (Wildman–Crippen LogP) is 3.22. The zero-order valence-electron chi connectivity index (χ0n) is 15.7. The third-order valence-electron chi connectivity index (χ3n) is 4.48. The van der Waals surface area contributed by atoms with Gasteiger partial charge in [-0.1, -0.05) is 18.2 Å². The molecule has 2 aromatic carbocycles. The topological polar surface area (TPSA) is 93.9 Å².